The number of carboxylic acids is 1. The van der Waals surface area contributed by atoms with Crippen LogP contribution >= 0.6 is 11.3 Å². The van der Waals surface area contributed by atoms with E-state index < -0.39 is 5.97 Å². The monoisotopic (exact) mass is 283 g/mol. The van der Waals surface area contributed by atoms with Gasteiger partial charge in [0.1, 0.15) is 0 Å². The number of carbonyl (C=O) groups is 1. The predicted molar refractivity (Wildman–Crippen MR) is 77.3 cm³/mol. The van der Waals surface area contributed by atoms with Crippen LogP contribution in [0.3, 0.4) is 0 Å². The number of carboxylic acid groups (broad SMARTS) is 1. The van der Waals surface area contributed by atoms with Gasteiger partial charge in [0.25, 0.3) is 0 Å². The molecule has 0 amide bonds. The molecule has 0 saturated carbocycles. The molecule has 0 aromatic carbocycles. The Morgan fingerprint density at radius 2 is 2.05 bits per heavy atom. The van der Waals surface area contributed by atoms with Gasteiger partial charge in [-0.05, 0) is 20.3 Å². The van der Waals surface area contributed by atoms with E-state index in [1.807, 2.05) is 6.92 Å². The molecule has 2 heterocycles. The second-order valence-corrected chi connectivity index (χ2v) is 6.17. The number of aryl methyl sites for hydroxylation is 1. The quantitative estimate of drug-likeness (QED) is 0.916. The zero-order valence-corrected chi connectivity index (χ0v) is 12.5. The number of anilines is 1. The molecule has 0 radical (unpaired) electrons. The van der Waals surface area contributed by atoms with E-state index in [0.29, 0.717) is 6.04 Å². The van der Waals surface area contributed by atoms with Crippen LogP contribution < -0.4 is 4.90 Å². The molecule has 1 saturated heterocycles. The summed E-state index contributed by atoms with van der Waals surface area (Å²) in [4.78, 5) is 20.7. The first-order valence-corrected chi connectivity index (χ1v) is 7.54. The molecule has 0 bridgehead atoms. The van der Waals surface area contributed by atoms with Gasteiger partial charge in [-0.15, -0.1) is 11.3 Å². The molecule has 6 heteroatoms. The van der Waals surface area contributed by atoms with Gasteiger partial charge >= 0.3 is 5.97 Å². The molecule has 1 atom stereocenters. The molecule has 1 aromatic rings. The fourth-order valence-electron chi connectivity index (χ4n) is 2.33. The third kappa shape index (κ3) is 3.06. The Morgan fingerprint density at radius 3 is 2.53 bits per heavy atom. The molecule has 2 rings (SSSR count). The number of nitrogens with zero attached hydrogens (tertiary/aromatic N) is 3. The third-order valence-electron chi connectivity index (χ3n) is 3.79. The SMILES string of the molecule is CCC(C)N1CCN(c2nc(C(=O)O)c(C)s2)CC1. The van der Waals surface area contributed by atoms with Crippen molar-refractivity contribution in [3.8, 4) is 0 Å². The van der Waals surface area contributed by atoms with Gasteiger partial charge in [0.15, 0.2) is 10.8 Å². The summed E-state index contributed by atoms with van der Waals surface area (Å²) in [5.41, 5.74) is 0.198. The molecule has 1 N–H and O–H groups in total. The first-order valence-electron chi connectivity index (χ1n) is 6.72. The number of aromatic nitrogens is 1. The first kappa shape index (κ1) is 14.3. The molecule has 19 heavy (non-hydrogen) atoms. The van der Waals surface area contributed by atoms with Crippen LogP contribution in [0.1, 0.15) is 35.6 Å². The molecule has 1 aliphatic heterocycles. The molecule has 0 spiro atoms. The van der Waals surface area contributed by atoms with Crippen LogP contribution in [0.25, 0.3) is 0 Å². The van der Waals surface area contributed by atoms with Crippen molar-refractivity contribution in [1.29, 1.82) is 0 Å². The third-order valence-corrected chi connectivity index (χ3v) is 4.82. The van der Waals surface area contributed by atoms with Crippen LogP contribution in [0, 0.1) is 6.92 Å². The number of thiazole rings is 1. The molecule has 1 fully saturated rings. The lowest BCUT2D eigenvalue weighted by molar-refractivity contribution is 0.0690. The summed E-state index contributed by atoms with van der Waals surface area (Å²) >= 11 is 1.48. The Hall–Kier alpha value is -1.14. The maximum Gasteiger partial charge on any atom is 0.355 e. The van der Waals surface area contributed by atoms with Crippen molar-refractivity contribution < 1.29 is 9.90 Å². The minimum absolute atomic E-state index is 0.198. The topological polar surface area (TPSA) is 56.7 Å². The van der Waals surface area contributed by atoms with Crippen molar-refractivity contribution in [3.05, 3.63) is 10.6 Å². The van der Waals surface area contributed by atoms with E-state index in [0.717, 1.165) is 36.2 Å². The van der Waals surface area contributed by atoms with E-state index in [-0.39, 0.29) is 5.69 Å². The maximum absolute atomic E-state index is 11.0. The lowest BCUT2D eigenvalue weighted by atomic mass is 10.2. The number of rotatable bonds is 4. The van der Waals surface area contributed by atoms with Crippen molar-refractivity contribution in [2.45, 2.75) is 33.2 Å². The van der Waals surface area contributed by atoms with Crippen LogP contribution in [0.5, 0.6) is 0 Å². The summed E-state index contributed by atoms with van der Waals surface area (Å²) in [6.45, 7) is 10.2. The van der Waals surface area contributed by atoms with Crippen molar-refractivity contribution in [1.82, 2.24) is 9.88 Å². The normalized spacial score (nSPS) is 18.6. The van der Waals surface area contributed by atoms with Gasteiger partial charge in [0.2, 0.25) is 0 Å². The van der Waals surface area contributed by atoms with Crippen LogP contribution in [-0.2, 0) is 0 Å². The highest BCUT2D eigenvalue weighted by Crippen LogP contribution is 2.26. The minimum Gasteiger partial charge on any atom is -0.476 e. The Bertz CT molecular complexity index is 453. The number of piperazine rings is 1. The fourth-order valence-corrected chi connectivity index (χ4v) is 3.28. The van der Waals surface area contributed by atoms with Gasteiger partial charge in [0.05, 0.1) is 0 Å². The van der Waals surface area contributed by atoms with Gasteiger partial charge in [-0.3, -0.25) is 4.90 Å². The fraction of sp³-hybridized carbons (Fsp3) is 0.692. The summed E-state index contributed by atoms with van der Waals surface area (Å²) in [6.07, 6.45) is 1.17. The summed E-state index contributed by atoms with van der Waals surface area (Å²) < 4.78 is 0. The van der Waals surface area contributed by atoms with Crippen LogP contribution in [-0.4, -0.2) is 53.2 Å². The minimum atomic E-state index is -0.932. The van der Waals surface area contributed by atoms with Crippen molar-refractivity contribution in [3.63, 3.8) is 0 Å². The Morgan fingerprint density at radius 1 is 1.42 bits per heavy atom. The summed E-state index contributed by atoms with van der Waals surface area (Å²) in [5.74, 6) is -0.932. The standard InChI is InChI=1S/C13H21N3O2S/c1-4-9(2)15-5-7-16(8-6-15)13-14-11(12(17)18)10(3)19-13/h9H,4-8H2,1-3H3,(H,17,18). The summed E-state index contributed by atoms with van der Waals surface area (Å²) in [6, 6.07) is 0.620. The van der Waals surface area contributed by atoms with E-state index in [1.54, 1.807) is 0 Å². The van der Waals surface area contributed by atoms with Crippen LogP contribution in [0.4, 0.5) is 5.13 Å². The predicted octanol–water partition coefficient (Wildman–Crippen LogP) is 2.07. The molecular formula is C13H21N3O2S. The molecule has 1 unspecified atom stereocenters. The maximum atomic E-state index is 11.0. The highest BCUT2D eigenvalue weighted by atomic mass is 32.1. The van der Waals surface area contributed by atoms with Gasteiger partial charge in [-0.2, -0.15) is 0 Å². The second kappa shape index (κ2) is 5.88. The first-order chi connectivity index (χ1) is 9.02. The van der Waals surface area contributed by atoms with Gasteiger partial charge in [-0.1, -0.05) is 6.92 Å². The number of hydrogen-bond acceptors (Lipinski definition) is 5. The Kier molecular flexibility index (Phi) is 4.42. The number of aromatic carboxylic acids is 1. The van der Waals surface area contributed by atoms with Gasteiger partial charge in [-0.25, -0.2) is 9.78 Å². The Labute approximate surface area is 117 Å². The molecule has 106 valence electrons. The molecule has 1 aromatic heterocycles. The average molecular weight is 283 g/mol. The Balaban J connectivity index is 2.02. The van der Waals surface area contributed by atoms with E-state index >= 15 is 0 Å². The highest BCUT2D eigenvalue weighted by molar-refractivity contribution is 7.15. The van der Waals surface area contributed by atoms with E-state index in [1.165, 1.54) is 17.8 Å². The lowest BCUT2D eigenvalue weighted by Crippen LogP contribution is -2.49. The van der Waals surface area contributed by atoms with Gasteiger partial charge < -0.3 is 10.0 Å². The molecule has 5 nitrogen and oxygen atoms in total. The molecule has 0 aliphatic carbocycles. The van der Waals surface area contributed by atoms with Crippen molar-refractivity contribution in [2.24, 2.45) is 0 Å². The largest absolute Gasteiger partial charge is 0.476 e. The van der Waals surface area contributed by atoms with Crippen molar-refractivity contribution >= 4 is 22.4 Å². The van der Waals surface area contributed by atoms with Gasteiger partial charge in [0, 0.05) is 37.1 Å². The average Bonchev–Trinajstić information content (AvgIpc) is 2.80. The zero-order chi connectivity index (χ0) is 14.0. The van der Waals surface area contributed by atoms with Crippen molar-refractivity contribution in [2.75, 3.05) is 31.1 Å². The molecule has 1 aliphatic rings. The van der Waals surface area contributed by atoms with E-state index in [4.69, 9.17) is 5.11 Å². The summed E-state index contributed by atoms with van der Waals surface area (Å²) in [5, 5.41) is 9.89. The number of hydrogen-bond donors (Lipinski definition) is 1. The highest BCUT2D eigenvalue weighted by Gasteiger charge is 2.23. The second-order valence-electron chi connectivity index (χ2n) is 4.99. The van der Waals surface area contributed by atoms with Crippen LogP contribution in [0.2, 0.25) is 0 Å². The smallest absolute Gasteiger partial charge is 0.355 e. The van der Waals surface area contributed by atoms with E-state index in [9.17, 15) is 4.79 Å². The van der Waals surface area contributed by atoms with Crippen LogP contribution in [0.15, 0.2) is 0 Å². The summed E-state index contributed by atoms with van der Waals surface area (Å²) in [7, 11) is 0. The van der Waals surface area contributed by atoms with E-state index in [2.05, 4.69) is 28.6 Å². The lowest BCUT2D eigenvalue weighted by Gasteiger charge is -2.37. The molecular weight excluding hydrogens is 262 g/mol. The zero-order valence-electron chi connectivity index (χ0n) is 11.7.